The van der Waals surface area contributed by atoms with Crippen LogP contribution in [0, 0.1) is 11.5 Å². The van der Waals surface area contributed by atoms with E-state index in [1.807, 2.05) is 0 Å². The number of aliphatic hydroxyl groups is 1. The number of carbonyl (C=O) groups is 5. The largest absolute Gasteiger partial charge is 0.462 e. The highest BCUT2D eigenvalue weighted by Crippen LogP contribution is 2.06. The molecule has 0 fully saturated rings. The summed E-state index contributed by atoms with van der Waals surface area (Å²) in [6.45, 7) is 11.1. The molecule has 48 heavy (non-hydrogen) atoms. The number of nitriles is 1. The van der Waals surface area contributed by atoms with Gasteiger partial charge in [-0.25, -0.2) is 29.0 Å². The lowest BCUT2D eigenvalue weighted by Gasteiger charge is -2.07. The Morgan fingerprint density at radius 1 is 0.667 bits per heavy atom. The van der Waals surface area contributed by atoms with E-state index in [-0.39, 0.29) is 45.6 Å². The Morgan fingerprint density at radius 2 is 1.17 bits per heavy atom. The van der Waals surface area contributed by atoms with Crippen LogP contribution in [0.15, 0.2) is 43.0 Å². The van der Waals surface area contributed by atoms with Crippen molar-refractivity contribution in [1.82, 2.24) is 5.32 Å². The van der Waals surface area contributed by atoms with Crippen LogP contribution in [0.2, 0.25) is 0 Å². The van der Waals surface area contributed by atoms with Gasteiger partial charge in [0.1, 0.15) is 39.6 Å². The molecule has 0 spiro atoms. The molecule has 270 valence electrons. The first-order chi connectivity index (χ1) is 23.2. The average Bonchev–Trinajstić information content (AvgIpc) is 3.10. The van der Waals surface area contributed by atoms with Gasteiger partial charge in [-0.15, -0.1) is 0 Å². The van der Waals surface area contributed by atoms with Crippen LogP contribution in [0.5, 0.6) is 0 Å². The van der Waals surface area contributed by atoms with E-state index in [2.05, 4.69) is 49.0 Å². The number of hydrogen-bond donors (Lipinski definition) is 2. The Kier molecular flexibility index (Phi) is 39.5. The number of nitrogens with zero attached hydrogens (tertiary/aromatic N) is 2. The first kappa shape index (κ1) is 47.4. The molecule has 2 N–H and O–H groups in total. The number of nitrogens with one attached hydrogen (secondary N) is 1. The smallest absolute Gasteiger partial charge is 0.407 e. The van der Waals surface area contributed by atoms with Crippen molar-refractivity contribution in [1.29, 1.82) is 5.26 Å². The lowest BCUT2D eigenvalue weighted by molar-refractivity contribution is -0.149. The first-order valence-corrected chi connectivity index (χ1v) is 15.3. The summed E-state index contributed by atoms with van der Waals surface area (Å²) in [4.78, 5) is 67.5. The van der Waals surface area contributed by atoms with Gasteiger partial charge >= 0.3 is 30.0 Å². The van der Waals surface area contributed by atoms with E-state index >= 15 is 0 Å². The zero-order valence-corrected chi connectivity index (χ0v) is 27.5. The second-order valence-corrected chi connectivity index (χ2v) is 8.97. The SMILES string of the molecule is C=CC(=O)OCCO.C=CC(=O)OCCOC(=O)CCCCCCCNC(=O)OCCOC(=O)C=C.N#COCCCCCCN=C=O. The summed E-state index contributed by atoms with van der Waals surface area (Å²) in [6.07, 6.45) is 14.0. The van der Waals surface area contributed by atoms with Crippen molar-refractivity contribution >= 4 is 36.1 Å². The number of amides is 1. The molecule has 0 aliphatic carbocycles. The normalized spacial score (nSPS) is 9.08. The Balaban J connectivity index is -0.000000824. The highest BCUT2D eigenvalue weighted by molar-refractivity contribution is 5.81. The Bertz CT molecular complexity index is 960. The minimum absolute atomic E-state index is 0.0132. The highest BCUT2D eigenvalue weighted by atomic mass is 16.6. The molecule has 0 unspecified atom stereocenters. The van der Waals surface area contributed by atoms with Gasteiger partial charge in [-0.1, -0.05) is 45.4 Å². The van der Waals surface area contributed by atoms with Crippen LogP contribution >= 0.6 is 0 Å². The fourth-order valence-electron chi connectivity index (χ4n) is 2.95. The summed E-state index contributed by atoms with van der Waals surface area (Å²) in [7, 11) is 0. The molecule has 1 amide bonds. The molecule has 0 heterocycles. The van der Waals surface area contributed by atoms with Gasteiger partial charge in [-0.05, 0) is 32.1 Å². The number of hydrogen-bond acceptors (Lipinski definition) is 15. The Labute approximate surface area is 281 Å². The number of ether oxygens (including phenoxy) is 6. The Morgan fingerprint density at radius 3 is 1.73 bits per heavy atom. The third kappa shape index (κ3) is 43.1. The molecule has 0 bridgehead atoms. The van der Waals surface area contributed by atoms with Gasteiger partial charge in [-0.3, -0.25) is 4.79 Å². The number of aliphatic hydroxyl groups excluding tert-OH is 1. The van der Waals surface area contributed by atoms with E-state index in [1.165, 1.54) is 6.08 Å². The number of alkyl carbamates (subject to hydrolysis) is 1. The summed E-state index contributed by atoms with van der Waals surface area (Å²) in [5, 5.41) is 18.7. The van der Waals surface area contributed by atoms with Crippen molar-refractivity contribution in [2.24, 2.45) is 4.99 Å². The number of carbonyl (C=O) groups excluding carboxylic acids is 6. The lowest BCUT2D eigenvalue weighted by Crippen LogP contribution is -2.26. The molecule has 0 radical (unpaired) electrons. The topological polar surface area (TPSA) is 226 Å². The molecule has 0 aromatic heterocycles. The van der Waals surface area contributed by atoms with Crippen LogP contribution in [0.25, 0.3) is 0 Å². The lowest BCUT2D eigenvalue weighted by atomic mass is 10.1. The summed E-state index contributed by atoms with van der Waals surface area (Å²) < 4.78 is 27.9. The van der Waals surface area contributed by atoms with Crippen LogP contribution in [0.1, 0.15) is 64.2 Å². The molecule has 0 saturated carbocycles. The second kappa shape index (κ2) is 40.0. The fraction of sp³-hybridized carbons (Fsp3) is 0.594. The third-order valence-electron chi connectivity index (χ3n) is 5.21. The minimum atomic E-state index is -0.564. The van der Waals surface area contributed by atoms with Gasteiger partial charge in [0.15, 0.2) is 0 Å². The van der Waals surface area contributed by atoms with Crippen LogP contribution in [-0.2, 0) is 52.4 Å². The van der Waals surface area contributed by atoms with Crippen molar-refractivity contribution in [2.45, 2.75) is 64.2 Å². The van der Waals surface area contributed by atoms with Gasteiger partial charge in [-0.2, -0.15) is 5.26 Å². The number of aliphatic imine (C=N–C) groups is 1. The maximum Gasteiger partial charge on any atom is 0.407 e. The molecule has 0 aliphatic rings. The van der Waals surface area contributed by atoms with Crippen LogP contribution in [-0.4, -0.2) is 100 Å². The quantitative estimate of drug-likeness (QED) is 0.0254. The van der Waals surface area contributed by atoms with Crippen LogP contribution < -0.4 is 5.32 Å². The first-order valence-electron chi connectivity index (χ1n) is 15.3. The molecule has 0 aliphatic heterocycles. The van der Waals surface area contributed by atoms with Crippen molar-refractivity contribution in [2.75, 3.05) is 59.3 Å². The second-order valence-electron chi connectivity index (χ2n) is 8.97. The van der Waals surface area contributed by atoms with E-state index in [0.29, 0.717) is 32.5 Å². The maximum absolute atomic E-state index is 11.5. The van der Waals surface area contributed by atoms with E-state index in [4.69, 9.17) is 19.8 Å². The van der Waals surface area contributed by atoms with Crippen LogP contribution in [0.4, 0.5) is 4.79 Å². The predicted molar refractivity (Wildman–Crippen MR) is 172 cm³/mol. The Hall–Kier alpha value is -5.00. The van der Waals surface area contributed by atoms with E-state index in [0.717, 1.165) is 69.6 Å². The van der Waals surface area contributed by atoms with Crippen molar-refractivity contribution in [3.63, 3.8) is 0 Å². The summed E-state index contributed by atoms with van der Waals surface area (Å²) >= 11 is 0. The summed E-state index contributed by atoms with van der Waals surface area (Å²) in [5.74, 6) is -1.93. The molecule has 0 aromatic rings. The van der Waals surface area contributed by atoms with Crippen molar-refractivity contribution < 1.29 is 62.3 Å². The minimum Gasteiger partial charge on any atom is -0.462 e. The van der Waals surface area contributed by atoms with Gasteiger partial charge in [0.05, 0.1) is 13.2 Å². The average molecular weight is 684 g/mol. The van der Waals surface area contributed by atoms with Gasteiger partial charge < -0.3 is 38.8 Å². The highest BCUT2D eigenvalue weighted by Gasteiger charge is 2.05. The molecule has 0 rings (SSSR count). The maximum atomic E-state index is 11.5. The molecule has 0 aromatic carbocycles. The van der Waals surface area contributed by atoms with Gasteiger partial charge in [0.25, 0.3) is 6.26 Å². The summed E-state index contributed by atoms with van der Waals surface area (Å²) in [6, 6.07) is 0. The van der Waals surface area contributed by atoms with Crippen molar-refractivity contribution in [3.8, 4) is 6.26 Å². The standard InChI is InChI=1S/C19H29NO8.C8H12N2O2.C5H8O3/c1-3-16(21)25-12-13-27-18(23)10-8-6-5-7-9-11-20-19(24)28-15-14-26-17(22)4-2;9-7-12-6-4-2-1-3-5-10-8-11;1-2-5(7)8-4-3-6/h3-4H,1-2,5-15H2,(H,20,24);1-6H2;2,6H,1,3-4H2. The molecular formula is C32H49N3O13. The fourth-order valence-corrected chi connectivity index (χ4v) is 2.95. The van der Waals surface area contributed by atoms with E-state index in [9.17, 15) is 28.8 Å². The zero-order valence-electron chi connectivity index (χ0n) is 27.5. The molecule has 16 nitrogen and oxygen atoms in total. The number of rotatable bonds is 26. The number of isocyanates is 1. The number of unbranched alkanes of at least 4 members (excludes halogenated alkanes) is 7. The molecule has 0 atom stereocenters. The van der Waals surface area contributed by atoms with E-state index < -0.39 is 24.0 Å². The van der Waals surface area contributed by atoms with Gasteiger partial charge in [0.2, 0.25) is 6.08 Å². The van der Waals surface area contributed by atoms with Crippen molar-refractivity contribution in [3.05, 3.63) is 38.0 Å². The van der Waals surface area contributed by atoms with E-state index in [1.54, 1.807) is 6.26 Å². The molecule has 0 saturated heterocycles. The summed E-state index contributed by atoms with van der Waals surface area (Å²) in [5.41, 5.74) is 0. The predicted octanol–water partition coefficient (Wildman–Crippen LogP) is 3.14. The van der Waals surface area contributed by atoms with Gasteiger partial charge in [0, 0.05) is 31.2 Å². The molecular weight excluding hydrogens is 634 g/mol. The zero-order chi connectivity index (χ0) is 36.5. The van der Waals surface area contributed by atoms with Crippen LogP contribution in [0.3, 0.4) is 0 Å². The molecule has 16 heteroatoms. The third-order valence-corrected chi connectivity index (χ3v) is 5.21. The monoisotopic (exact) mass is 683 g/mol. The number of esters is 4.